The number of urea groups is 1. The maximum Gasteiger partial charge on any atom is 0.321 e. The zero-order valence-electron chi connectivity index (χ0n) is 17.6. The van der Waals surface area contributed by atoms with Crippen LogP contribution < -0.4 is 15.5 Å². The highest BCUT2D eigenvalue weighted by atomic mass is 32.2. The lowest BCUT2D eigenvalue weighted by atomic mass is 10.1. The summed E-state index contributed by atoms with van der Waals surface area (Å²) in [4.78, 5) is 26.5. The van der Waals surface area contributed by atoms with Crippen LogP contribution in [0.5, 0.6) is 0 Å². The fourth-order valence-electron chi connectivity index (χ4n) is 2.69. The Hall–Kier alpha value is -1.81. The van der Waals surface area contributed by atoms with Crippen molar-refractivity contribution in [2.24, 2.45) is 5.92 Å². The average Bonchev–Trinajstić information content (AvgIpc) is 2.95. The first-order valence-corrected chi connectivity index (χ1v) is 10.5. The molecule has 1 atom stereocenters. The van der Waals surface area contributed by atoms with Gasteiger partial charge < -0.3 is 15.0 Å². The number of ether oxygens (including phenoxy) is 1. The smallest absolute Gasteiger partial charge is 0.321 e. The predicted molar refractivity (Wildman–Crippen MR) is 110 cm³/mol. The van der Waals surface area contributed by atoms with Gasteiger partial charge in [-0.3, -0.25) is 14.7 Å². The number of hydrogen-bond acceptors (Lipinski definition) is 7. The summed E-state index contributed by atoms with van der Waals surface area (Å²) in [6, 6.07) is -0.498. The van der Waals surface area contributed by atoms with Crippen molar-refractivity contribution in [2.75, 3.05) is 31.2 Å². The average molecular weight is 413 g/mol. The Morgan fingerprint density at radius 3 is 2.39 bits per heavy atom. The highest BCUT2D eigenvalue weighted by Gasteiger charge is 2.25. The summed E-state index contributed by atoms with van der Waals surface area (Å²) < 4.78 is 7.48. The third-order valence-electron chi connectivity index (χ3n) is 3.92. The second kappa shape index (κ2) is 9.60. The van der Waals surface area contributed by atoms with E-state index in [-0.39, 0.29) is 5.91 Å². The molecule has 2 rings (SSSR count). The summed E-state index contributed by atoms with van der Waals surface area (Å²) in [5.41, 5.74) is -0.411. The van der Waals surface area contributed by atoms with Gasteiger partial charge in [-0.05, 0) is 33.6 Å². The molecular weight excluding hydrogens is 380 g/mol. The first-order chi connectivity index (χ1) is 13.1. The molecule has 0 spiro atoms. The fourth-order valence-corrected chi connectivity index (χ4v) is 3.54. The number of anilines is 1. The molecule has 1 aromatic rings. The molecule has 0 radical (unpaired) electrons. The third-order valence-corrected chi connectivity index (χ3v) is 5.00. The largest absolute Gasteiger partial charge is 0.378 e. The van der Waals surface area contributed by atoms with Gasteiger partial charge in [0.2, 0.25) is 11.9 Å². The molecule has 1 aliphatic heterocycles. The molecule has 10 heteroatoms. The molecule has 0 saturated carbocycles. The van der Waals surface area contributed by atoms with Gasteiger partial charge in [0.1, 0.15) is 0 Å². The number of aromatic nitrogens is 3. The van der Waals surface area contributed by atoms with Gasteiger partial charge in [0.15, 0.2) is 5.16 Å². The maximum absolute atomic E-state index is 12.4. The summed E-state index contributed by atoms with van der Waals surface area (Å²) in [6.45, 7) is 15.2. The first kappa shape index (κ1) is 22.5. The van der Waals surface area contributed by atoms with Gasteiger partial charge in [-0.1, -0.05) is 25.6 Å². The van der Waals surface area contributed by atoms with Crippen LogP contribution in [0.15, 0.2) is 5.16 Å². The van der Waals surface area contributed by atoms with Crippen LogP contribution in [0.25, 0.3) is 0 Å². The van der Waals surface area contributed by atoms with E-state index in [9.17, 15) is 9.59 Å². The molecule has 1 aromatic heterocycles. The number of rotatable bonds is 6. The van der Waals surface area contributed by atoms with Gasteiger partial charge in [0.05, 0.1) is 18.5 Å². The van der Waals surface area contributed by atoms with Crippen LogP contribution in [-0.2, 0) is 16.1 Å². The Bertz CT molecular complexity index is 679. The summed E-state index contributed by atoms with van der Waals surface area (Å²) >= 11 is 1.30. The molecule has 2 heterocycles. The Balaban J connectivity index is 2.08. The number of amides is 3. The standard InChI is InChI=1S/C18H32N6O3S/c1-12(2)11-24-16(23-7-9-27-10-8-23)21-22-17(24)28-13(3)14(25)19-15(26)20-18(4,5)6/h12-13H,7-11H2,1-6H3,(H2,19,20,25,26)/t13-/m0/s1. The minimum absolute atomic E-state index is 0.362. The molecule has 9 nitrogen and oxygen atoms in total. The molecule has 0 aromatic carbocycles. The van der Waals surface area contributed by atoms with Crippen molar-refractivity contribution >= 4 is 29.6 Å². The summed E-state index contributed by atoms with van der Waals surface area (Å²) in [6.07, 6.45) is 0. The van der Waals surface area contributed by atoms with Gasteiger partial charge in [-0.15, -0.1) is 10.2 Å². The number of hydrogen-bond donors (Lipinski definition) is 2. The zero-order chi connectivity index (χ0) is 20.9. The van der Waals surface area contributed by atoms with Crippen LogP contribution in [0.2, 0.25) is 0 Å². The Morgan fingerprint density at radius 2 is 1.82 bits per heavy atom. The van der Waals surface area contributed by atoms with Crippen LogP contribution in [0.4, 0.5) is 10.7 Å². The van der Waals surface area contributed by atoms with Gasteiger partial charge >= 0.3 is 6.03 Å². The normalized spacial score (nSPS) is 16.2. The van der Waals surface area contributed by atoms with Crippen LogP contribution >= 0.6 is 11.8 Å². The molecule has 3 amide bonds. The predicted octanol–water partition coefficient (Wildman–Crippen LogP) is 1.88. The highest BCUT2D eigenvalue weighted by Crippen LogP contribution is 2.27. The molecule has 0 unspecified atom stereocenters. The van der Waals surface area contributed by atoms with E-state index in [4.69, 9.17) is 4.74 Å². The van der Waals surface area contributed by atoms with E-state index in [0.717, 1.165) is 25.6 Å². The number of imide groups is 1. The molecule has 1 aliphatic rings. The third kappa shape index (κ3) is 6.66. The maximum atomic E-state index is 12.4. The van der Waals surface area contributed by atoms with Crippen molar-refractivity contribution in [1.29, 1.82) is 0 Å². The SMILES string of the molecule is CC(C)Cn1c(S[C@@H](C)C(=O)NC(=O)NC(C)(C)C)nnc1N1CCOCC1. The fraction of sp³-hybridized carbons (Fsp3) is 0.778. The lowest BCUT2D eigenvalue weighted by Gasteiger charge is -2.28. The quantitative estimate of drug-likeness (QED) is 0.688. The molecule has 2 N–H and O–H groups in total. The summed E-state index contributed by atoms with van der Waals surface area (Å²) in [7, 11) is 0. The number of thioether (sulfide) groups is 1. The number of carbonyl (C=O) groups is 2. The number of nitrogens with zero attached hydrogens (tertiary/aromatic N) is 4. The van der Waals surface area contributed by atoms with Crippen molar-refractivity contribution in [3.63, 3.8) is 0 Å². The molecular formula is C18H32N6O3S. The number of morpholine rings is 1. The summed E-state index contributed by atoms with van der Waals surface area (Å²) in [5, 5.41) is 14.0. The van der Waals surface area contributed by atoms with E-state index in [2.05, 4.69) is 44.1 Å². The van der Waals surface area contributed by atoms with Crippen molar-refractivity contribution in [3.8, 4) is 0 Å². The zero-order valence-corrected chi connectivity index (χ0v) is 18.4. The molecule has 1 saturated heterocycles. The topological polar surface area (TPSA) is 101 Å². The number of nitrogens with one attached hydrogen (secondary N) is 2. The van der Waals surface area contributed by atoms with Crippen molar-refractivity contribution in [2.45, 2.75) is 64.0 Å². The molecule has 0 bridgehead atoms. The van der Waals surface area contributed by atoms with Crippen molar-refractivity contribution < 1.29 is 14.3 Å². The molecule has 158 valence electrons. The van der Waals surface area contributed by atoms with Gasteiger partial charge in [0.25, 0.3) is 0 Å². The second-order valence-corrected chi connectivity index (χ2v) is 9.65. The van der Waals surface area contributed by atoms with Crippen LogP contribution in [0, 0.1) is 5.92 Å². The Morgan fingerprint density at radius 1 is 1.18 bits per heavy atom. The highest BCUT2D eigenvalue weighted by molar-refractivity contribution is 8.00. The van der Waals surface area contributed by atoms with Gasteiger partial charge in [-0.2, -0.15) is 0 Å². The summed E-state index contributed by atoms with van der Waals surface area (Å²) in [5.74, 6) is 0.841. The Labute approximate surface area is 171 Å². The van der Waals surface area contributed by atoms with Gasteiger partial charge in [0, 0.05) is 25.2 Å². The minimum atomic E-state index is -0.498. The van der Waals surface area contributed by atoms with E-state index >= 15 is 0 Å². The van der Waals surface area contributed by atoms with Crippen molar-refractivity contribution in [3.05, 3.63) is 0 Å². The van der Waals surface area contributed by atoms with Crippen molar-refractivity contribution in [1.82, 2.24) is 25.4 Å². The van der Waals surface area contributed by atoms with E-state index in [0.29, 0.717) is 24.3 Å². The van der Waals surface area contributed by atoms with Gasteiger partial charge in [-0.25, -0.2) is 4.79 Å². The molecule has 1 fully saturated rings. The van der Waals surface area contributed by atoms with Crippen LogP contribution in [-0.4, -0.2) is 63.8 Å². The van der Waals surface area contributed by atoms with Crippen LogP contribution in [0.3, 0.4) is 0 Å². The van der Waals surface area contributed by atoms with E-state index in [1.54, 1.807) is 6.92 Å². The monoisotopic (exact) mass is 412 g/mol. The van der Waals surface area contributed by atoms with Crippen LogP contribution in [0.1, 0.15) is 41.5 Å². The van der Waals surface area contributed by atoms with E-state index in [1.165, 1.54) is 11.8 Å². The van der Waals surface area contributed by atoms with E-state index in [1.807, 2.05) is 20.8 Å². The first-order valence-electron chi connectivity index (χ1n) is 9.62. The number of carbonyl (C=O) groups excluding carboxylic acids is 2. The lowest BCUT2D eigenvalue weighted by molar-refractivity contribution is -0.119. The van der Waals surface area contributed by atoms with E-state index < -0.39 is 16.8 Å². The molecule has 0 aliphatic carbocycles. The second-order valence-electron chi connectivity index (χ2n) is 8.34. The minimum Gasteiger partial charge on any atom is -0.378 e. The lowest BCUT2D eigenvalue weighted by Crippen LogP contribution is -2.49. The Kier molecular flexibility index (Phi) is 7.70. The molecule has 28 heavy (non-hydrogen) atoms.